The maximum absolute atomic E-state index is 11.8. The molecule has 1 aromatic heterocycles. The predicted molar refractivity (Wildman–Crippen MR) is 60.1 cm³/mol. The molecule has 0 N–H and O–H groups in total. The molecule has 1 aliphatic rings. The Morgan fingerprint density at radius 3 is 2.94 bits per heavy atom. The molecule has 1 fully saturated rings. The number of aromatic nitrogens is 1. The normalized spacial score (nSPS) is 17.6. The molecule has 1 aromatic rings. The number of hydrogen-bond donors (Lipinski definition) is 0. The average molecular weight is 220 g/mol. The van der Waals surface area contributed by atoms with Gasteiger partial charge < -0.3 is 4.74 Å². The summed E-state index contributed by atoms with van der Waals surface area (Å²) in [5.41, 5.74) is 0. The second-order valence-corrected chi connectivity index (χ2v) is 3.64. The van der Waals surface area contributed by atoms with Gasteiger partial charge >= 0.3 is 0 Å². The van der Waals surface area contributed by atoms with Gasteiger partial charge in [0.05, 0.1) is 13.7 Å². The molecular weight excluding hydrogens is 206 g/mol. The molecule has 2 heterocycles. The molecule has 1 aliphatic heterocycles. The van der Waals surface area contributed by atoms with Gasteiger partial charge in [0.1, 0.15) is 5.82 Å². The zero-order valence-corrected chi connectivity index (χ0v) is 9.22. The Morgan fingerprint density at radius 1 is 1.44 bits per heavy atom. The molecule has 85 valence electrons. The van der Waals surface area contributed by atoms with Gasteiger partial charge in [0.2, 0.25) is 11.8 Å². The summed E-state index contributed by atoms with van der Waals surface area (Å²) >= 11 is 0. The zero-order chi connectivity index (χ0) is 11.5. The van der Waals surface area contributed by atoms with Gasteiger partial charge in [-0.25, -0.2) is 0 Å². The highest BCUT2D eigenvalue weighted by molar-refractivity contribution is 5.94. The minimum atomic E-state index is 0.0157. The van der Waals surface area contributed by atoms with E-state index < -0.39 is 0 Å². The van der Waals surface area contributed by atoms with Crippen LogP contribution in [0.15, 0.2) is 18.2 Å². The van der Waals surface area contributed by atoms with E-state index in [-0.39, 0.29) is 5.91 Å². The quantitative estimate of drug-likeness (QED) is 0.729. The van der Waals surface area contributed by atoms with Gasteiger partial charge in [-0.3, -0.25) is 14.6 Å². The Hall–Kier alpha value is -1.62. The number of methoxy groups -OCH3 is 1. The third kappa shape index (κ3) is 2.14. The van der Waals surface area contributed by atoms with Crippen molar-refractivity contribution in [2.24, 2.45) is 0 Å². The van der Waals surface area contributed by atoms with Crippen LogP contribution in [-0.4, -0.2) is 42.5 Å². The summed E-state index contributed by atoms with van der Waals surface area (Å²) in [5, 5.41) is 0. The van der Waals surface area contributed by atoms with Gasteiger partial charge in [0, 0.05) is 26.2 Å². The van der Waals surface area contributed by atoms with Gasteiger partial charge in [0.25, 0.3) is 0 Å². The molecule has 0 atom stereocenters. The van der Waals surface area contributed by atoms with E-state index >= 15 is 0 Å². The minimum Gasteiger partial charge on any atom is -0.481 e. The van der Waals surface area contributed by atoms with Crippen molar-refractivity contribution in [3.05, 3.63) is 25.2 Å². The second kappa shape index (κ2) is 4.49. The van der Waals surface area contributed by atoms with E-state index in [1.54, 1.807) is 29.0 Å². The molecule has 0 aromatic carbocycles. The SMILES string of the molecule is [CH2]N1CCN(c2cccc(OC)n2)C(=O)C1. The van der Waals surface area contributed by atoms with Crippen molar-refractivity contribution in [2.45, 2.75) is 0 Å². The van der Waals surface area contributed by atoms with Crippen molar-refractivity contribution >= 4 is 11.7 Å². The molecule has 0 saturated carbocycles. The molecule has 16 heavy (non-hydrogen) atoms. The highest BCUT2D eigenvalue weighted by Crippen LogP contribution is 2.17. The Bertz CT molecular complexity index is 395. The van der Waals surface area contributed by atoms with Gasteiger partial charge in [-0.05, 0) is 6.07 Å². The van der Waals surface area contributed by atoms with Crippen LogP contribution >= 0.6 is 0 Å². The Balaban J connectivity index is 2.20. The fourth-order valence-electron chi connectivity index (χ4n) is 1.63. The molecule has 0 spiro atoms. The number of hydrogen-bond acceptors (Lipinski definition) is 4. The van der Waals surface area contributed by atoms with Crippen LogP contribution in [0.4, 0.5) is 5.82 Å². The van der Waals surface area contributed by atoms with Crippen molar-refractivity contribution in [3.63, 3.8) is 0 Å². The van der Waals surface area contributed by atoms with E-state index in [0.29, 0.717) is 24.8 Å². The molecule has 5 nitrogen and oxygen atoms in total. The van der Waals surface area contributed by atoms with Crippen molar-refractivity contribution in [1.82, 2.24) is 9.88 Å². The first-order valence-electron chi connectivity index (χ1n) is 5.07. The third-order valence-corrected chi connectivity index (χ3v) is 2.49. The van der Waals surface area contributed by atoms with Crippen molar-refractivity contribution in [1.29, 1.82) is 0 Å². The molecule has 2 rings (SSSR count). The van der Waals surface area contributed by atoms with Crippen LogP contribution < -0.4 is 9.64 Å². The smallest absolute Gasteiger partial charge is 0.242 e. The molecule has 5 heteroatoms. The molecule has 1 amide bonds. The maximum Gasteiger partial charge on any atom is 0.242 e. The first-order chi connectivity index (χ1) is 7.70. The van der Waals surface area contributed by atoms with Gasteiger partial charge in [-0.15, -0.1) is 0 Å². The standard InChI is InChI=1S/C11H14N3O2/c1-13-6-7-14(11(15)8-13)9-4-3-5-10(12-9)16-2/h3-5H,1,6-8H2,2H3. The molecule has 1 saturated heterocycles. The lowest BCUT2D eigenvalue weighted by Gasteiger charge is -2.31. The lowest BCUT2D eigenvalue weighted by Crippen LogP contribution is -2.48. The lowest BCUT2D eigenvalue weighted by atomic mass is 10.3. The third-order valence-electron chi connectivity index (χ3n) is 2.49. The fraction of sp³-hybridized carbons (Fsp3) is 0.364. The van der Waals surface area contributed by atoms with E-state index in [4.69, 9.17) is 4.74 Å². The summed E-state index contributed by atoms with van der Waals surface area (Å²) in [6, 6.07) is 5.38. The molecule has 1 radical (unpaired) electrons. The largest absolute Gasteiger partial charge is 0.481 e. The monoisotopic (exact) mass is 220 g/mol. The Morgan fingerprint density at radius 2 is 2.25 bits per heavy atom. The van der Waals surface area contributed by atoms with Crippen LogP contribution in [0, 0.1) is 7.05 Å². The topological polar surface area (TPSA) is 45.7 Å². The number of amides is 1. The number of anilines is 1. The second-order valence-electron chi connectivity index (χ2n) is 3.64. The summed E-state index contributed by atoms with van der Waals surface area (Å²) in [6.45, 7) is 1.70. The summed E-state index contributed by atoms with van der Waals surface area (Å²) in [4.78, 5) is 19.4. The van der Waals surface area contributed by atoms with Crippen LogP contribution in [0.1, 0.15) is 0 Å². The van der Waals surface area contributed by atoms with E-state index in [9.17, 15) is 4.79 Å². The van der Waals surface area contributed by atoms with Gasteiger partial charge in [-0.1, -0.05) is 6.07 Å². The number of ether oxygens (including phenoxy) is 1. The van der Waals surface area contributed by atoms with Crippen LogP contribution in [0.5, 0.6) is 5.88 Å². The summed E-state index contributed by atoms with van der Waals surface area (Å²) in [7, 11) is 5.31. The van der Waals surface area contributed by atoms with Crippen molar-refractivity contribution in [2.75, 3.05) is 31.6 Å². The Kier molecular flexibility index (Phi) is 3.05. The highest BCUT2D eigenvalue weighted by atomic mass is 16.5. The number of piperazine rings is 1. The van der Waals surface area contributed by atoms with Crippen molar-refractivity contribution < 1.29 is 9.53 Å². The highest BCUT2D eigenvalue weighted by Gasteiger charge is 2.23. The first-order valence-corrected chi connectivity index (χ1v) is 5.07. The average Bonchev–Trinajstić information content (AvgIpc) is 2.29. The van der Waals surface area contributed by atoms with Gasteiger partial charge in [-0.2, -0.15) is 4.98 Å². The van der Waals surface area contributed by atoms with Crippen LogP contribution in [0.2, 0.25) is 0 Å². The van der Waals surface area contributed by atoms with Crippen LogP contribution in [-0.2, 0) is 4.79 Å². The van der Waals surface area contributed by atoms with E-state index in [0.717, 1.165) is 6.54 Å². The number of carbonyl (C=O) groups excluding carboxylic acids is 1. The Labute approximate surface area is 94.6 Å². The van der Waals surface area contributed by atoms with Gasteiger partial charge in [0.15, 0.2) is 0 Å². The summed E-state index contributed by atoms with van der Waals surface area (Å²) in [5.74, 6) is 1.17. The number of rotatable bonds is 2. The molecular formula is C11H14N3O2. The maximum atomic E-state index is 11.8. The van der Waals surface area contributed by atoms with E-state index in [1.807, 2.05) is 6.07 Å². The van der Waals surface area contributed by atoms with Crippen molar-refractivity contribution in [3.8, 4) is 5.88 Å². The number of pyridine rings is 1. The summed E-state index contributed by atoms with van der Waals surface area (Å²) in [6.07, 6.45) is 0. The number of carbonyl (C=O) groups is 1. The first kappa shape index (κ1) is 10.9. The van der Waals surface area contributed by atoms with E-state index in [2.05, 4.69) is 12.0 Å². The lowest BCUT2D eigenvalue weighted by molar-refractivity contribution is -0.120. The van der Waals surface area contributed by atoms with E-state index in [1.165, 1.54) is 0 Å². The molecule has 0 unspecified atom stereocenters. The molecule has 0 aliphatic carbocycles. The fourth-order valence-corrected chi connectivity index (χ4v) is 1.63. The molecule has 0 bridgehead atoms. The minimum absolute atomic E-state index is 0.0157. The summed E-state index contributed by atoms with van der Waals surface area (Å²) < 4.78 is 5.03. The van der Waals surface area contributed by atoms with Crippen LogP contribution in [0.3, 0.4) is 0 Å². The number of nitrogens with zero attached hydrogens (tertiary/aromatic N) is 3. The van der Waals surface area contributed by atoms with Crippen LogP contribution in [0.25, 0.3) is 0 Å². The zero-order valence-electron chi connectivity index (χ0n) is 9.22. The predicted octanol–water partition coefficient (Wildman–Crippen LogP) is 0.530.